The lowest BCUT2D eigenvalue weighted by Crippen LogP contribution is -2.26. The van der Waals surface area contributed by atoms with E-state index in [0.717, 1.165) is 23.0 Å². The summed E-state index contributed by atoms with van der Waals surface area (Å²) < 4.78 is 22.0. The van der Waals surface area contributed by atoms with E-state index in [1.807, 2.05) is 18.2 Å². The number of aromatic nitrogens is 3. The van der Waals surface area contributed by atoms with Crippen molar-refractivity contribution in [3.63, 3.8) is 0 Å². The lowest BCUT2D eigenvalue weighted by molar-refractivity contribution is 0.0947. The number of hydrogen-bond donors (Lipinski definition) is 2. The highest BCUT2D eigenvalue weighted by Crippen LogP contribution is 2.34. The van der Waals surface area contributed by atoms with Crippen molar-refractivity contribution < 1.29 is 13.9 Å². The predicted octanol–water partition coefficient (Wildman–Crippen LogP) is 2.83. The van der Waals surface area contributed by atoms with Crippen LogP contribution >= 0.6 is 9.24 Å². The Balaban J connectivity index is 1.46. The molecule has 32 heavy (non-hydrogen) atoms. The SMILES string of the molecule is O=C1NCc2c(F)cccc2-c2cnc(NCc3c(P)ccc4c3CCO4)n3cnc1c23. The van der Waals surface area contributed by atoms with Crippen LogP contribution in [-0.2, 0) is 19.5 Å². The molecule has 4 heterocycles. The first-order chi connectivity index (χ1) is 15.6. The molecule has 0 saturated heterocycles. The number of hydrogen-bond acceptors (Lipinski definition) is 5. The molecule has 160 valence electrons. The highest BCUT2D eigenvalue weighted by Gasteiger charge is 2.25. The summed E-state index contributed by atoms with van der Waals surface area (Å²) in [4.78, 5) is 21.7. The number of amides is 1. The molecule has 4 aromatic rings. The van der Waals surface area contributed by atoms with Crippen molar-refractivity contribution in [2.75, 3.05) is 11.9 Å². The van der Waals surface area contributed by atoms with E-state index in [-0.39, 0.29) is 18.3 Å². The van der Waals surface area contributed by atoms with Crippen LogP contribution in [0.5, 0.6) is 5.75 Å². The smallest absolute Gasteiger partial charge is 0.272 e. The molecule has 2 aromatic carbocycles. The van der Waals surface area contributed by atoms with Gasteiger partial charge < -0.3 is 15.4 Å². The molecule has 2 aliphatic rings. The molecular formula is C23H19FN5O2P. The molecule has 2 aliphatic heterocycles. The molecule has 1 amide bonds. The quantitative estimate of drug-likeness (QED) is 0.472. The van der Waals surface area contributed by atoms with Crippen molar-refractivity contribution in [3.05, 3.63) is 71.1 Å². The lowest BCUT2D eigenvalue weighted by Gasteiger charge is -2.18. The van der Waals surface area contributed by atoms with Crippen LogP contribution in [0.1, 0.15) is 27.2 Å². The Morgan fingerprint density at radius 3 is 3.00 bits per heavy atom. The Morgan fingerprint density at radius 1 is 1.19 bits per heavy atom. The molecule has 0 aliphatic carbocycles. The van der Waals surface area contributed by atoms with Crippen molar-refractivity contribution in [3.8, 4) is 16.9 Å². The molecular weight excluding hydrogens is 428 g/mol. The summed E-state index contributed by atoms with van der Waals surface area (Å²) in [6, 6.07) is 8.91. The van der Waals surface area contributed by atoms with Gasteiger partial charge in [-0.3, -0.25) is 9.20 Å². The van der Waals surface area contributed by atoms with Crippen LogP contribution in [0.2, 0.25) is 0 Å². The van der Waals surface area contributed by atoms with Gasteiger partial charge >= 0.3 is 0 Å². The highest BCUT2D eigenvalue weighted by molar-refractivity contribution is 7.27. The van der Waals surface area contributed by atoms with Gasteiger partial charge in [0.2, 0.25) is 5.95 Å². The molecule has 1 unspecified atom stereocenters. The lowest BCUT2D eigenvalue weighted by atomic mass is 9.97. The molecule has 0 saturated carbocycles. The Labute approximate surface area is 185 Å². The minimum Gasteiger partial charge on any atom is -0.493 e. The number of carbonyl (C=O) groups excluding carboxylic acids is 1. The summed E-state index contributed by atoms with van der Waals surface area (Å²) in [5.74, 6) is 0.767. The van der Waals surface area contributed by atoms with Crippen LogP contribution in [0.25, 0.3) is 16.6 Å². The number of nitrogens with one attached hydrogen (secondary N) is 2. The van der Waals surface area contributed by atoms with Crippen molar-refractivity contribution in [2.45, 2.75) is 19.5 Å². The predicted molar refractivity (Wildman–Crippen MR) is 122 cm³/mol. The summed E-state index contributed by atoms with van der Waals surface area (Å²) in [5, 5.41) is 7.25. The zero-order chi connectivity index (χ0) is 21.8. The fraction of sp³-hybridized carbons (Fsp3) is 0.174. The summed E-state index contributed by atoms with van der Waals surface area (Å²) >= 11 is 0. The van der Waals surface area contributed by atoms with Crippen molar-refractivity contribution in [1.29, 1.82) is 0 Å². The minimum atomic E-state index is -0.362. The van der Waals surface area contributed by atoms with Gasteiger partial charge in [0.15, 0.2) is 5.69 Å². The first kappa shape index (κ1) is 19.2. The van der Waals surface area contributed by atoms with E-state index in [0.29, 0.717) is 47.0 Å². The number of benzene rings is 2. The number of halogens is 1. The summed E-state index contributed by atoms with van der Waals surface area (Å²) in [6.07, 6.45) is 4.13. The molecule has 0 fully saturated rings. The van der Waals surface area contributed by atoms with Gasteiger partial charge in [-0.2, -0.15) is 0 Å². The average molecular weight is 447 g/mol. The van der Waals surface area contributed by atoms with E-state index in [9.17, 15) is 9.18 Å². The maximum atomic E-state index is 14.5. The third kappa shape index (κ3) is 2.87. The molecule has 2 N–H and O–H groups in total. The van der Waals surface area contributed by atoms with Gasteiger partial charge in [0, 0.05) is 42.4 Å². The second-order valence-corrected chi connectivity index (χ2v) is 8.44. The molecule has 0 radical (unpaired) electrons. The fourth-order valence-electron chi connectivity index (χ4n) is 4.49. The maximum Gasteiger partial charge on any atom is 0.272 e. The zero-order valence-corrected chi connectivity index (χ0v) is 18.1. The molecule has 1 atom stereocenters. The topological polar surface area (TPSA) is 80.5 Å². The van der Waals surface area contributed by atoms with Crippen LogP contribution in [0, 0.1) is 5.82 Å². The number of imidazole rings is 1. The van der Waals surface area contributed by atoms with E-state index in [1.54, 1.807) is 23.0 Å². The van der Waals surface area contributed by atoms with Gasteiger partial charge in [-0.15, -0.1) is 9.24 Å². The van der Waals surface area contributed by atoms with Crippen molar-refractivity contribution >= 4 is 31.9 Å². The third-order valence-corrected chi connectivity index (χ3v) is 6.61. The summed E-state index contributed by atoms with van der Waals surface area (Å²) in [5.41, 5.74) is 5.04. The maximum absolute atomic E-state index is 14.5. The van der Waals surface area contributed by atoms with E-state index >= 15 is 0 Å². The fourth-order valence-corrected chi connectivity index (χ4v) is 4.86. The second-order valence-electron chi connectivity index (χ2n) is 7.82. The van der Waals surface area contributed by atoms with E-state index in [2.05, 4.69) is 29.8 Å². The summed E-state index contributed by atoms with van der Waals surface area (Å²) in [6.45, 7) is 1.32. The second kappa shape index (κ2) is 7.28. The number of rotatable bonds is 3. The number of ether oxygens (including phenoxy) is 1. The van der Waals surface area contributed by atoms with E-state index < -0.39 is 0 Å². The monoisotopic (exact) mass is 447 g/mol. The van der Waals surface area contributed by atoms with Gasteiger partial charge in [-0.25, -0.2) is 14.4 Å². The van der Waals surface area contributed by atoms with Gasteiger partial charge in [0.1, 0.15) is 17.9 Å². The molecule has 0 spiro atoms. The minimum absolute atomic E-state index is 0.0947. The summed E-state index contributed by atoms with van der Waals surface area (Å²) in [7, 11) is 2.77. The normalized spacial score (nSPS) is 14.2. The van der Waals surface area contributed by atoms with Gasteiger partial charge in [0.05, 0.1) is 12.1 Å². The van der Waals surface area contributed by atoms with Crippen LogP contribution in [0.3, 0.4) is 0 Å². The number of carbonyl (C=O) groups is 1. The zero-order valence-electron chi connectivity index (χ0n) is 17.0. The average Bonchev–Trinajstić information content (AvgIpc) is 3.44. The Bertz CT molecular complexity index is 1420. The standard InChI is InChI=1S/C23H19FN5O2P/c24-17-3-1-2-12-14(17)8-25-22(30)20-21-16(12)10-27-23(29(21)11-28-20)26-9-15-13-6-7-31-18(13)4-5-19(15)32/h1-5,10-11H,6-9,32H2,(H,25,30)(H,26,27). The Morgan fingerprint density at radius 2 is 2.09 bits per heavy atom. The number of anilines is 1. The van der Waals surface area contributed by atoms with Crippen molar-refractivity contribution in [1.82, 2.24) is 19.7 Å². The first-order valence-corrected chi connectivity index (χ1v) is 10.9. The molecule has 9 heteroatoms. The van der Waals surface area contributed by atoms with Crippen LogP contribution in [0.15, 0.2) is 42.9 Å². The van der Waals surface area contributed by atoms with Gasteiger partial charge in [0.25, 0.3) is 5.91 Å². The number of fused-ring (bicyclic) bond motifs is 3. The van der Waals surface area contributed by atoms with Crippen LogP contribution < -0.4 is 20.7 Å². The van der Waals surface area contributed by atoms with Crippen LogP contribution in [0.4, 0.5) is 10.3 Å². The van der Waals surface area contributed by atoms with E-state index in [4.69, 9.17) is 4.74 Å². The largest absolute Gasteiger partial charge is 0.493 e. The molecule has 0 bridgehead atoms. The Kier molecular flexibility index (Phi) is 4.36. The number of nitrogens with zero attached hydrogens (tertiary/aromatic N) is 3. The van der Waals surface area contributed by atoms with Crippen LogP contribution in [-0.4, -0.2) is 26.9 Å². The Hall–Kier alpha value is -3.51. The van der Waals surface area contributed by atoms with Gasteiger partial charge in [-0.05, 0) is 28.6 Å². The first-order valence-electron chi connectivity index (χ1n) is 10.3. The molecule has 7 nitrogen and oxygen atoms in total. The van der Waals surface area contributed by atoms with Gasteiger partial charge in [-0.1, -0.05) is 18.2 Å². The third-order valence-electron chi connectivity index (χ3n) is 6.07. The molecule has 6 rings (SSSR count). The van der Waals surface area contributed by atoms with Crippen molar-refractivity contribution in [2.24, 2.45) is 0 Å². The molecule has 2 aromatic heterocycles. The highest BCUT2D eigenvalue weighted by atomic mass is 31.0. The van der Waals surface area contributed by atoms with E-state index in [1.165, 1.54) is 11.6 Å².